The first kappa shape index (κ1) is 17.6. The zero-order valence-electron chi connectivity index (χ0n) is 16.2. The lowest BCUT2D eigenvalue weighted by molar-refractivity contribution is -0.794. The van der Waals surface area contributed by atoms with E-state index < -0.39 is 0 Å². The minimum Gasteiger partial charge on any atom is -0.384 e. The third-order valence-corrected chi connectivity index (χ3v) is 6.37. The lowest BCUT2D eigenvalue weighted by Gasteiger charge is -2.31. The Labute approximate surface area is 165 Å². The topological polar surface area (TPSA) is 55.4 Å². The molecule has 2 aliphatic heterocycles. The largest absolute Gasteiger partial charge is 0.384 e. The van der Waals surface area contributed by atoms with Crippen molar-refractivity contribution in [2.45, 2.75) is 38.6 Å². The number of aryl methyl sites for hydroxylation is 1. The van der Waals surface area contributed by atoms with Crippen LogP contribution in [0.5, 0.6) is 0 Å². The van der Waals surface area contributed by atoms with Gasteiger partial charge in [0.05, 0.1) is 11.0 Å². The lowest BCUT2D eigenvalue weighted by Crippen LogP contribution is -2.34. The minimum absolute atomic E-state index is 0.688. The highest BCUT2D eigenvalue weighted by Gasteiger charge is 2.24. The van der Waals surface area contributed by atoms with Crippen molar-refractivity contribution in [1.82, 2.24) is 4.90 Å². The number of nitrogens with one attached hydrogen (secondary N) is 1. The molecule has 146 valence electrons. The number of hydrogen-bond donors (Lipinski definition) is 1. The first-order chi connectivity index (χ1) is 13.8. The second kappa shape index (κ2) is 7.47. The van der Waals surface area contributed by atoms with E-state index in [1.54, 1.807) is 0 Å². The highest BCUT2D eigenvalue weighted by Crippen LogP contribution is 2.31. The molecule has 1 fully saturated rings. The van der Waals surface area contributed by atoms with Crippen molar-refractivity contribution < 1.29 is 9.43 Å². The molecule has 0 atom stereocenters. The quantitative estimate of drug-likeness (QED) is 0.686. The summed E-state index contributed by atoms with van der Waals surface area (Å²) in [4.78, 5) is 3.29. The number of likely N-dealkylation sites (tertiary alicyclic amines) is 1. The number of piperidine rings is 1. The molecule has 5 rings (SSSR count). The van der Waals surface area contributed by atoms with Gasteiger partial charge in [0.15, 0.2) is 0 Å². The van der Waals surface area contributed by atoms with E-state index in [2.05, 4.69) is 46.6 Å². The fourth-order valence-corrected chi connectivity index (χ4v) is 4.71. The van der Waals surface area contributed by atoms with Gasteiger partial charge in [-0.3, -0.25) is 10.1 Å². The predicted molar refractivity (Wildman–Crippen MR) is 110 cm³/mol. The third-order valence-electron chi connectivity index (χ3n) is 6.37. The van der Waals surface area contributed by atoms with Crippen LogP contribution < -0.4 is 10.2 Å². The Morgan fingerprint density at radius 2 is 1.96 bits per heavy atom. The van der Waals surface area contributed by atoms with Crippen molar-refractivity contribution in [3.05, 3.63) is 64.5 Å². The van der Waals surface area contributed by atoms with Crippen LogP contribution in [0.15, 0.2) is 47.0 Å². The highest BCUT2D eigenvalue weighted by atomic mass is 16.7. The number of fused-ring (bicyclic) bond motifs is 2. The van der Waals surface area contributed by atoms with E-state index in [-0.39, 0.29) is 0 Å². The highest BCUT2D eigenvalue weighted by molar-refractivity contribution is 5.84. The molecule has 3 aromatic rings. The van der Waals surface area contributed by atoms with Gasteiger partial charge in [0.25, 0.3) is 5.69 Å². The minimum atomic E-state index is 0.688. The first-order valence-corrected chi connectivity index (χ1v) is 10.4. The van der Waals surface area contributed by atoms with Crippen molar-refractivity contribution in [1.29, 1.82) is 0 Å². The molecule has 0 spiro atoms. The number of hydrogen-bond acceptors (Lipinski definition) is 4. The fourth-order valence-electron chi connectivity index (χ4n) is 4.71. The fraction of sp³-hybridized carbons (Fsp3) is 0.435. The van der Waals surface area contributed by atoms with Crippen LogP contribution in [-0.2, 0) is 19.4 Å². The van der Waals surface area contributed by atoms with Crippen LogP contribution in [0.1, 0.15) is 36.1 Å². The van der Waals surface area contributed by atoms with Crippen molar-refractivity contribution in [2.24, 2.45) is 5.92 Å². The van der Waals surface area contributed by atoms with E-state index >= 15 is 0 Å². The molecule has 28 heavy (non-hydrogen) atoms. The van der Waals surface area contributed by atoms with Gasteiger partial charge in [0.1, 0.15) is 0 Å². The second-order valence-electron chi connectivity index (χ2n) is 8.22. The zero-order chi connectivity index (χ0) is 18.9. The molecule has 1 N–H and O–H groups in total. The van der Waals surface area contributed by atoms with E-state index in [0.717, 1.165) is 67.1 Å². The number of aromatic nitrogens is 1. The lowest BCUT2D eigenvalue weighted by atomic mass is 9.91. The summed E-state index contributed by atoms with van der Waals surface area (Å²) in [5.41, 5.74) is 5.30. The summed E-state index contributed by atoms with van der Waals surface area (Å²) in [6, 6.07) is 14.8. The Balaban J connectivity index is 1.20. The Kier molecular flexibility index (Phi) is 4.69. The molecule has 0 saturated carbocycles. The second-order valence-corrected chi connectivity index (χ2v) is 8.22. The van der Waals surface area contributed by atoms with Crippen LogP contribution in [0.3, 0.4) is 0 Å². The van der Waals surface area contributed by atoms with E-state index in [1.165, 1.54) is 24.0 Å². The summed E-state index contributed by atoms with van der Waals surface area (Å²) < 4.78 is 5.46. The van der Waals surface area contributed by atoms with Gasteiger partial charge in [-0.15, -0.1) is 0 Å². The summed E-state index contributed by atoms with van der Waals surface area (Å²) in [5, 5.41) is 16.7. The van der Waals surface area contributed by atoms with Crippen LogP contribution in [-0.4, -0.2) is 24.5 Å². The molecule has 0 amide bonds. The summed E-state index contributed by atoms with van der Waals surface area (Å²) in [6.07, 6.45) is 5.30. The molecule has 5 nitrogen and oxygen atoms in total. The smallest absolute Gasteiger partial charge is 0.253 e. The summed E-state index contributed by atoms with van der Waals surface area (Å²) in [7, 11) is 0. The van der Waals surface area contributed by atoms with E-state index in [1.807, 2.05) is 6.07 Å². The number of benzene rings is 2. The first-order valence-electron chi connectivity index (χ1n) is 10.4. The predicted octanol–water partition coefficient (Wildman–Crippen LogP) is 3.88. The monoisotopic (exact) mass is 377 g/mol. The average molecular weight is 377 g/mol. The molecule has 0 unspecified atom stereocenters. The molecule has 5 heteroatoms. The maximum Gasteiger partial charge on any atom is 0.253 e. The van der Waals surface area contributed by atoms with Gasteiger partial charge in [-0.1, -0.05) is 30.3 Å². The van der Waals surface area contributed by atoms with Gasteiger partial charge < -0.3 is 9.84 Å². The van der Waals surface area contributed by atoms with Crippen LogP contribution in [0, 0.1) is 11.1 Å². The van der Waals surface area contributed by atoms with E-state index in [0.29, 0.717) is 11.5 Å². The molecule has 0 aliphatic carbocycles. The molecular formula is C23H27N3O2. The summed E-state index contributed by atoms with van der Waals surface area (Å²) in [6.45, 7) is 4.29. The Hall–Kier alpha value is -2.53. The van der Waals surface area contributed by atoms with Crippen molar-refractivity contribution in [3.8, 4) is 0 Å². The van der Waals surface area contributed by atoms with Crippen molar-refractivity contribution in [2.75, 3.05) is 25.0 Å². The molecule has 0 bridgehead atoms. The van der Waals surface area contributed by atoms with Gasteiger partial charge in [-0.25, -0.2) is 0 Å². The molecule has 3 heterocycles. The summed E-state index contributed by atoms with van der Waals surface area (Å²) in [5.74, 6) is 0.688. The third kappa shape index (κ3) is 3.47. The normalized spacial score (nSPS) is 17.7. The average Bonchev–Trinajstić information content (AvgIpc) is 3.29. The van der Waals surface area contributed by atoms with Crippen LogP contribution >= 0.6 is 0 Å². The Bertz CT molecular complexity index is 959. The van der Waals surface area contributed by atoms with Gasteiger partial charge in [-0.2, -0.15) is 0 Å². The number of anilines is 1. The zero-order valence-corrected chi connectivity index (χ0v) is 16.2. The molecule has 0 radical (unpaired) electrons. The standard InChI is InChI=1S/C23H27N3O2/c27-26-22(20-14-19-8-11-24-21(19)15-23(20)28-26)7-6-17-9-12-25(13-10-17)16-18-4-2-1-3-5-18/h1-5,14-15,17,24H,6-13,16H2. The molecule has 2 aromatic carbocycles. The Morgan fingerprint density at radius 3 is 2.79 bits per heavy atom. The SMILES string of the molecule is [O-][n+]1oc2cc3c(cc2c1CCC1CCN(Cc2ccccc2)CC1)CCN3. The molecule has 2 aliphatic rings. The number of rotatable bonds is 5. The van der Waals surface area contributed by atoms with Crippen LogP contribution in [0.25, 0.3) is 11.0 Å². The van der Waals surface area contributed by atoms with E-state index in [4.69, 9.17) is 4.52 Å². The van der Waals surface area contributed by atoms with Crippen LogP contribution in [0.4, 0.5) is 5.69 Å². The van der Waals surface area contributed by atoms with Crippen molar-refractivity contribution in [3.63, 3.8) is 0 Å². The number of nitrogens with zero attached hydrogens (tertiary/aromatic N) is 2. The molecule has 1 saturated heterocycles. The molecule has 1 aromatic heterocycles. The van der Waals surface area contributed by atoms with Crippen molar-refractivity contribution >= 4 is 16.7 Å². The van der Waals surface area contributed by atoms with Gasteiger partial charge in [-0.05, 0) is 68.0 Å². The Morgan fingerprint density at radius 1 is 1.14 bits per heavy atom. The van der Waals surface area contributed by atoms with Gasteiger partial charge in [0.2, 0.25) is 0 Å². The van der Waals surface area contributed by atoms with E-state index in [9.17, 15) is 5.21 Å². The van der Waals surface area contributed by atoms with Gasteiger partial charge in [0, 0.05) is 30.1 Å². The maximum atomic E-state index is 12.3. The molecular weight excluding hydrogens is 350 g/mol. The summed E-state index contributed by atoms with van der Waals surface area (Å²) >= 11 is 0. The maximum absolute atomic E-state index is 12.3. The van der Waals surface area contributed by atoms with Gasteiger partial charge >= 0.3 is 0 Å². The van der Waals surface area contributed by atoms with Crippen LogP contribution in [0.2, 0.25) is 0 Å².